The first-order valence-electron chi connectivity index (χ1n) is 3.48. The highest BCUT2D eigenvalue weighted by molar-refractivity contribution is 4.51. The van der Waals surface area contributed by atoms with Gasteiger partial charge in [0.05, 0.1) is 6.17 Å². The second-order valence-electron chi connectivity index (χ2n) is 2.30. The molecule has 0 aliphatic rings. The number of rotatable bonds is 5. The topological polar surface area (TPSA) is 113 Å². The molecule has 0 aliphatic heterocycles. The molecule has 4 heteroatoms. The molecule has 0 aromatic heterocycles. The van der Waals surface area contributed by atoms with Crippen LogP contribution in [-0.2, 0) is 0 Å². The largest absolute Gasteiger partial charge is 0.344 e. The molecule has 0 aromatic rings. The molecule has 0 bridgehead atoms. The third kappa shape index (κ3) is 10.8. The minimum Gasteiger partial charge on any atom is -0.344 e. The maximum atomic E-state index is 5.32. The van der Waals surface area contributed by atoms with E-state index >= 15 is 0 Å². The summed E-state index contributed by atoms with van der Waals surface area (Å²) in [5, 5.41) is 0. The predicted molar refractivity (Wildman–Crippen MR) is 44.7 cm³/mol. The van der Waals surface area contributed by atoms with E-state index in [1.807, 2.05) is 0 Å². The summed E-state index contributed by atoms with van der Waals surface area (Å²) in [5.74, 6) is 0. The Labute approximate surface area is 62.7 Å². The fourth-order valence-corrected chi connectivity index (χ4v) is 0.701. The van der Waals surface area contributed by atoms with Gasteiger partial charge in [-0.05, 0) is 19.4 Å². The van der Waals surface area contributed by atoms with Crippen LogP contribution in [0.4, 0.5) is 0 Å². The van der Waals surface area contributed by atoms with E-state index < -0.39 is 0 Å². The second kappa shape index (κ2) is 8.84. The summed E-state index contributed by atoms with van der Waals surface area (Å²) in [4.78, 5) is 0. The molecule has 64 valence electrons. The molecule has 10 heavy (non-hydrogen) atoms. The maximum Gasteiger partial charge on any atom is 0.0520 e. The lowest BCUT2D eigenvalue weighted by molar-refractivity contribution is 0.567. The van der Waals surface area contributed by atoms with E-state index in [0.29, 0.717) is 0 Å². The van der Waals surface area contributed by atoms with Gasteiger partial charge >= 0.3 is 0 Å². The van der Waals surface area contributed by atoms with E-state index in [1.54, 1.807) is 0 Å². The SMILES string of the molecule is N.NCCCCCC(N)N. The summed E-state index contributed by atoms with van der Waals surface area (Å²) in [6, 6.07) is 0. The number of hydrogen-bond donors (Lipinski definition) is 4. The molecule has 9 N–H and O–H groups in total. The van der Waals surface area contributed by atoms with Gasteiger partial charge in [-0.1, -0.05) is 12.8 Å². The Kier molecular flexibility index (Phi) is 11.1. The molecule has 0 saturated heterocycles. The summed E-state index contributed by atoms with van der Waals surface area (Å²) in [7, 11) is 0. The van der Waals surface area contributed by atoms with Crippen LogP contribution < -0.4 is 23.4 Å². The molecule has 0 atom stereocenters. The molecular weight excluding hydrogens is 128 g/mol. The van der Waals surface area contributed by atoms with Gasteiger partial charge in [-0.3, -0.25) is 0 Å². The minimum absolute atomic E-state index is 0. The zero-order chi connectivity index (χ0) is 7.11. The fourth-order valence-electron chi connectivity index (χ4n) is 0.701. The van der Waals surface area contributed by atoms with Gasteiger partial charge in [0, 0.05) is 0 Å². The van der Waals surface area contributed by atoms with Gasteiger partial charge < -0.3 is 23.4 Å². The average molecular weight is 148 g/mol. The van der Waals surface area contributed by atoms with Gasteiger partial charge in [0.2, 0.25) is 0 Å². The highest BCUT2D eigenvalue weighted by Gasteiger charge is 1.92. The molecule has 0 radical (unpaired) electrons. The van der Waals surface area contributed by atoms with Crippen molar-refractivity contribution in [1.29, 1.82) is 0 Å². The van der Waals surface area contributed by atoms with Crippen molar-refractivity contribution in [3.63, 3.8) is 0 Å². The molecular formula is C6H20N4. The van der Waals surface area contributed by atoms with Crippen LogP contribution >= 0.6 is 0 Å². The highest BCUT2D eigenvalue weighted by Crippen LogP contribution is 1.97. The van der Waals surface area contributed by atoms with Crippen molar-refractivity contribution in [2.45, 2.75) is 31.8 Å². The highest BCUT2D eigenvalue weighted by atomic mass is 14.8. The Morgan fingerprint density at radius 2 is 1.60 bits per heavy atom. The Morgan fingerprint density at radius 1 is 1.00 bits per heavy atom. The number of unbranched alkanes of at least 4 members (excludes halogenated alkanes) is 2. The molecule has 0 spiro atoms. The first-order valence-corrected chi connectivity index (χ1v) is 3.48. The fraction of sp³-hybridized carbons (Fsp3) is 1.00. The molecule has 0 fully saturated rings. The summed E-state index contributed by atoms with van der Waals surface area (Å²) < 4.78 is 0. The zero-order valence-electron chi connectivity index (χ0n) is 6.55. The van der Waals surface area contributed by atoms with Crippen LogP contribution in [0.2, 0.25) is 0 Å². The van der Waals surface area contributed by atoms with Gasteiger partial charge in [-0.15, -0.1) is 0 Å². The Balaban J connectivity index is 0. The monoisotopic (exact) mass is 148 g/mol. The first kappa shape index (κ1) is 12.5. The van der Waals surface area contributed by atoms with Crippen molar-refractivity contribution in [3.05, 3.63) is 0 Å². The van der Waals surface area contributed by atoms with Gasteiger partial charge in [-0.25, -0.2) is 0 Å². The smallest absolute Gasteiger partial charge is 0.0520 e. The van der Waals surface area contributed by atoms with Gasteiger partial charge in [0.15, 0.2) is 0 Å². The first-order chi connectivity index (χ1) is 4.27. The molecule has 0 heterocycles. The van der Waals surface area contributed by atoms with E-state index in [4.69, 9.17) is 17.2 Å². The lowest BCUT2D eigenvalue weighted by atomic mass is 10.2. The maximum absolute atomic E-state index is 5.32. The van der Waals surface area contributed by atoms with Crippen LogP contribution in [0.15, 0.2) is 0 Å². The molecule has 0 rings (SSSR count). The Hall–Kier alpha value is -0.160. The quantitative estimate of drug-likeness (QED) is 0.322. The Bertz CT molecular complexity index is 55.7. The van der Waals surface area contributed by atoms with Gasteiger partial charge in [0.1, 0.15) is 0 Å². The normalized spacial score (nSPS) is 9.60. The second-order valence-corrected chi connectivity index (χ2v) is 2.30. The summed E-state index contributed by atoms with van der Waals surface area (Å²) in [6.07, 6.45) is 4.13. The third-order valence-corrected chi connectivity index (χ3v) is 1.24. The average Bonchev–Trinajstić information content (AvgIpc) is 1.80. The van der Waals surface area contributed by atoms with Crippen LogP contribution in [-0.4, -0.2) is 12.7 Å². The van der Waals surface area contributed by atoms with Crippen molar-refractivity contribution in [3.8, 4) is 0 Å². The standard InChI is InChI=1S/C6H17N3.H3N/c7-5-3-1-2-4-6(8)9;/h6H,1-5,7-9H2;1H3. The van der Waals surface area contributed by atoms with E-state index in [2.05, 4.69) is 0 Å². The lowest BCUT2D eigenvalue weighted by Gasteiger charge is -2.02. The van der Waals surface area contributed by atoms with Crippen molar-refractivity contribution < 1.29 is 0 Å². The van der Waals surface area contributed by atoms with Crippen LogP contribution in [0.1, 0.15) is 25.7 Å². The van der Waals surface area contributed by atoms with E-state index in [9.17, 15) is 0 Å². The van der Waals surface area contributed by atoms with Crippen LogP contribution in [0.5, 0.6) is 0 Å². The van der Waals surface area contributed by atoms with Gasteiger partial charge in [0.25, 0.3) is 0 Å². The molecule has 0 aromatic carbocycles. The van der Waals surface area contributed by atoms with E-state index in [-0.39, 0.29) is 12.3 Å². The van der Waals surface area contributed by atoms with Crippen LogP contribution in [0.25, 0.3) is 0 Å². The van der Waals surface area contributed by atoms with Crippen molar-refractivity contribution in [1.82, 2.24) is 6.15 Å². The predicted octanol–water partition coefficient (Wildman–Crippen LogP) is -0.0890. The zero-order valence-corrected chi connectivity index (χ0v) is 6.55. The molecule has 0 unspecified atom stereocenters. The van der Waals surface area contributed by atoms with E-state index in [1.165, 1.54) is 0 Å². The lowest BCUT2D eigenvalue weighted by Crippen LogP contribution is -2.29. The molecule has 0 aliphatic carbocycles. The van der Waals surface area contributed by atoms with E-state index in [0.717, 1.165) is 32.2 Å². The van der Waals surface area contributed by atoms with Crippen LogP contribution in [0.3, 0.4) is 0 Å². The van der Waals surface area contributed by atoms with Crippen LogP contribution in [0, 0.1) is 0 Å². The summed E-state index contributed by atoms with van der Waals surface area (Å²) >= 11 is 0. The van der Waals surface area contributed by atoms with Gasteiger partial charge in [-0.2, -0.15) is 0 Å². The molecule has 4 nitrogen and oxygen atoms in total. The molecule has 0 amide bonds. The van der Waals surface area contributed by atoms with Crippen molar-refractivity contribution in [2.75, 3.05) is 6.54 Å². The number of nitrogens with two attached hydrogens (primary N) is 3. The summed E-state index contributed by atoms with van der Waals surface area (Å²) in [5.41, 5.74) is 15.9. The molecule has 0 saturated carbocycles. The van der Waals surface area contributed by atoms with Crippen molar-refractivity contribution >= 4 is 0 Å². The minimum atomic E-state index is -0.136. The third-order valence-electron chi connectivity index (χ3n) is 1.24. The summed E-state index contributed by atoms with van der Waals surface area (Å²) in [6.45, 7) is 0.778. The van der Waals surface area contributed by atoms with Crippen molar-refractivity contribution in [2.24, 2.45) is 17.2 Å². The Morgan fingerprint density at radius 3 is 2.00 bits per heavy atom. The number of hydrogen-bond acceptors (Lipinski definition) is 4.